The Labute approximate surface area is 140 Å². The molecular formula is C21H19OS+. The van der Waals surface area contributed by atoms with Crippen molar-refractivity contribution < 1.29 is 4.74 Å². The van der Waals surface area contributed by atoms with Crippen LogP contribution < -0.4 is 4.74 Å². The van der Waals surface area contributed by atoms with Crippen LogP contribution in [0.5, 0.6) is 5.75 Å². The molecule has 0 aliphatic rings. The summed E-state index contributed by atoms with van der Waals surface area (Å²) in [6.07, 6.45) is 1.76. The maximum atomic E-state index is 5.59. The maximum Gasteiger partial charge on any atom is 0.166 e. The minimum Gasteiger partial charge on any atom is -0.490 e. The van der Waals surface area contributed by atoms with Crippen LogP contribution in [0.4, 0.5) is 0 Å². The van der Waals surface area contributed by atoms with E-state index in [2.05, 4.69) is 79.4 Å². The van der Waals surface area contributed by atoms with Gasteiger partial charge < -0.3 is 4.74 Å². The first-order valence-corrected chi connectivity index (χ1v) is 8.79. The van der Waals surface area contributed by atoms with Gasteiger partial charge in [-0.1, -0.05) is 49.1 Å². The van der Waals surface area contributed by atoms with Crippen molar-refractivity contribution in [1.29, 1.82) is 0 Å². The van der Waals surface area contributed by atoms with Crippen LogP contribution in [0.3, 0.4) is 0 Å². The summed E-state index contributed by atoms with van der Waals surface area (Å²) in [5.41, 5.74) is 0. The molecule has 0 aromatic heterocycles. The van der Waals surface area contributed by atoms with Gasteiger partial charge in [-0.2, -0.15) is 0 Å². The maximum absolute atomic E-state index is 5.59. The van der Waals surface area contributed by atoms with Gasteiger partial charge in [-0.25, -0.2) is 0 Å². The molecule has 114 valence electrons. The van der Waals surface area contributed by atoms with Crippen molar-refractivity contribution in [1.82, 2.24) is 0 Å². The van der Waals surface area contributed by atoms with Crippen LogP contribution >= 0.6 is 0 Å². The Balaban J connectivity index is 1.97. The van der Waals surface area contributed by atoms with E-state index in [4.69, 9.17) is 4.74 Å². The van der Waals surface area contributed by atoms with Crippen molar-refractivity contribution in [2.24, 2.45) is 0 Å². The van der Waals surface area contributed by atoms with Crippen LogP contribution in [0, 0.1) is 0 Å². The zero-order chi connectivity index (χ0) is 15.9. The number of rotatable bonds is 6. The number of benzene rings is 3. The van der Waals surface area contributed by atoms with E-state index < -0.39 is 0 Å². The molecule has 0 aliphatic heterocycles. The average Bonchev–Trinajstić information content (AvgIpc) is 2.63. The Bertz CT molecular complexity index is 696. The number of ether oxygens (including phenoxy) is 1. The lowest BCUT2D eigenvalue weighted by atomic mass is 10.3. The molecule has 0 radical (unpaired) electrons. The van der Waals surface area contributed by atoms with E-state index in [0.29, 0.717) is 6.61 Å². The lowest BCUT2D eigenvalue weighted by Crippen LogP contribution is -2.04. The lowest BCUT2D eigenvalue weighted by molar-refractivity contribution is 0.363. The standard InChI is InChI=1S/C21H19OS/c1-2-17-22-18-13-15-21(16-14-18)23(19-9-5-3-6-10-19)20-11-7-4-8-12-20/h2-16H,1,17H2/q+1. The molecule has 0 spiro atoms. The van der Waals surface area contributed by atoms with Crippen LogP contribution in [0.15, 0.2) is 112 Å². The second-order valence-corrected chi connectivity index (χ2v) is 7.03. The predicted molar refractivity (Wildman–Crippen MR) is 97.2 cm³/mol. The molecule has 0 unspecified atom stereocenters. The normalized spacial score (nSPS) is 10.5. The molecule has 3 aromatic rings. The summed E-state index contributed by atoms with van der Waals surface area (Å²) in [6.45, 7) is 4.21. The second-order valence-electron chi connectivity index (χ2n) is 5.00. The van der Waals surface area contributed by atoms with Crippen molar-refractivity contribution in [3.8, 4) is 5.75 Å². The van der Waals surface area contributed by atoms with E-state index in [0.717, 1.165) is 5.75 Å². The third-order valence-corrected chi connectivity index (χ3v) is 5.62. The van der Waals surface area contributed by atoms with E-state index >= 15 is 0 Å². The topological polar surface area (TPSA) is 9.23 Å². The molecule has 3 rings (SSSR count). The third kappa shape index (κ3) is 3.85. The highest BCUT2D eigenvalue weighted by Crippen LogP contribution is 2.31. The van der Waals surface area contributed by atoms with E-state index in [1.807, 2.05) is 12.1 Å². The summed E-state index contributed by atoms with van der Waals surface area (Å²) in [4.78, 5) is 3.92. The SMILES string of the molecule is C=CCOc1ccc([S+](c2ccccc2)c2ccccc2)cc1. The van der Waals surface area contributed by atoms with Crippen LogP contribution in [0.2, 0.25) is 0 Å². The summed E-state index contributed by atoms with van der Waals surface area (Å²) < 4.78 is 5.59. The molecule has 0 saturated heterocycles. The first-order chi connectivity index (χ1) is 11.4. The minimum atomic E-state index is -0.104. The van der Waals surface area contributed by atoms with Crippen molar-refractivity contribution in [2.75, 3.05) is 6.61 Å². The molecule has 0 bridgehead atoms. The molecule has 1 nitrogen and oxygen atoms in total. The van der Waals surface area contributed by atoms with Crippen LogP contribution in [-0.4, -0.2) is 6.61 Å². The third-order valence-electron chi connectivity index (χ3n) is 3.39. The predicted octanol–water partition coefficient (Wildman–Crippen LogP) is 5.35. The van der Waals surface area contributed by atoms with Gasteiger partial charge in [0, 0.05) is 0 Å². The Morgan fingerprint density at radius 3 is 1.65 bits per heavy atom. The van der Waals surface area contributed by atoms with Gasteiger partial charge in [0.25, 0.3) is 0 Å². The fourth-order valence-corrected chi connectivity index (χ4v) is 4.43. The highest BCUT2D eigenvalue weighted by atomic mass is 32.2. The zero-order valence-corrected chi connectivity index (χ0v) is 13.7. The fourth-order valence-electron chi connectivity index (χ4n) is 2.35. The van der Waals surface area contributed by atoms with Crippen LogP contribution in [0.25, 0.3) is 0 Å². The Hall–Kier alpha value is -2.45. The molecule has 2 heteroatoms. The molecule has 0 atom stereocenters. The number of hydrogen-bond donors (Lipinski definition) is 0. The molecule has 0 saturated carbocycles. The summed E-state index contributed by atoms with van der Waals surface area (Å²) in [7, 11) is -0.104. The van der Waals surface area contributed by atoms with E-state index in [1.54, 1.807) is 6.08 Å². The summed E-state index contributed by atoms with van der Waals surface area (Å²) >= 11 is 0. The number of hydrogen-bond acceptors (Lipinski definition) is 1. The summed E-state index contributed by atoms with van der Waals surface area (Å²) in [6, 6.07) is 29.6. The Kier molecular flexibility index (Phi) is 5.17. The van der Waals surface area contributed by atoms with E-state index in [9.17, 15) is 0 Å². The monoisotopic (exact) mass is 319 g/mol. The molecule has 23 heavy (non-hydrogen) atoms. The molecule has 0 amide bonds. The Morgan fingerprint density at radius 1 is 0.696 bits per heavy atom. The van der Waals surface area contributed by atoms with Gasteiger partial charge in [0.2, 0.25) is 0 Å². The van der Waals surface area contributed by atoms with Crippen LogP contribution in [0.1, 0.15) is 0 Å². The quantitative estimate of drug-likeness (QED) is 0.440. The smallest absolute Gasteiger partial charge is 0.166 e. The molecule has 0 aliphatic carbocycles. The average molecular weight is 319 g/mol. The van der Waals surface area contributed by atoms with Gasteiger partial charge in [-0.05, 0) is 48.5 Å². The van der Waals surface area contributed by atoms with E-state index in [1.165, 1.54) is 14.7 Å². The van der Waals surface area contributed by atoms with Crippen molar-refractivity contribution in [3.63, 3.8) is 0 Å². The molecule has 0 fully saturated rings. The second kappa shape index (κ2) is 7.70. The summed E-state index contributed by atoms with van der Waals surface area (Å²) in [5.74, 6) is 0.873. The first-order valence-electron chi connectivity index (χ1n) is 7.56. The van der Waals surface area contributed by atoms with Crippen molar-refractivity contribution in [3.05, 3.63) is 97.6 Å². The van der Waals surface area contributed by atoms with Gasteiger partial charge in [-0.15, -0.1) is 0 Å². The van der Waals surface area contributed by atoms with Gasteiger partial charge >= 0.3 is 0 Å². The zero-order valence-electron chi connectivity index (χ0n) is 12.9. The highest BCUT2D eigenvalue weighted by molar-refractivity contribution is 7.97. The largest absolute Gasteiger partial charge is 0.490 e. The van der Waals surface area contributed by atoms with Crippen molar-refractivity contribution >= 4 is 10.9 Å². The molecule has 3 aromatic carbocycles. The molecule has 0 N–H and O–H groups in total. The molecule has 0 heterocycles. The van der Waals surface area contributed by atoms with Gasteiger partial charge in [0.05, 0.1) is 10.9 Å². The fraction of sp³-hybridized carbons (Fsp3) is 0.0476. The Morgan fingerprint density at radius 2 is 1.17 bits per heavy atom. The van der Waals surface area contributed by atoms with Gasteiger partial charge in [0.1, 0.15) is 12.4 Å². The first kappa shape index (κ1) is 15.4. The lowest BCUT2D eigenvalue weighted by Gasteiger charge is -2.09. The molecular weight excluding hydrogens is 300 g/mol. The van der Waals surface area contributed by atoms with E-state index in [-0.39, 0.29) is 10.9 Å². The van der Waals surface area contributed by atoms with Crippen molar-refractivity contribution in [2.45, 2.75) is 14.7 Å². The van der Waals surface area contributed by atoms with Gasteiger partial charge in [0.15, 0.2) is 14.7 Å². The minimum absolute atomic E-state index is 0.104. The highest BCUT2D eigenvalue weighted by Gasteiger charge is 2.28. The van der Waals surface area contributed by atoms with Crippen LogP contribution in [-0.2, 0) is 10.9 Å². The summed E-state index contributed by atoms with van der Waals surface area (Å²) in [5, 5.41) is 0. The van der Waals surface area contributed by atoms with Gasteiger partial charge in [-0.3, -0.25) is 0 Å².